The number of likely N-dealkylation sites (tertiary alicyclic amines) is 1. The summed E-state index contributed by atoms with van der Waals surface area (Å²) in [5, 5.41) is 33.8. The molecule has 322 valence electrons. The first-order valence-electron chi connectivity index (χ1n) is 21.0. The van der Waals surface area contributed by atoms with E-state index >= 15 is 0 Å². The van der Waals surface area contributed by atoms with E-state index in [2.05, 4.69) is 19.6 Å². The van der Waals surface area contributed by atoms with Gasteiger partial charge in [-0.05, 0) is 70.6 Å². The molecule has 3 aliphatic heterocycles. The molecule has 0 aromatic carbocycles. The predicted molar refractivity (Wildman–Crippen MR) is 213 cm³/mol. The molecule has 0 bridgehead atoms. The Morgan fingerprint density at radius 2 is 1.79 bits per heavy atom. The molecule has 14 atom stereocenters. The number of ketones is 2. The summed E-state index contributed by atoms with van der Waals surface area (Å²) in [6, 6.07) is -1.17. The van der Waals surface area contributed by atoms with E-state index < -0.39 is 89.8 Å². The fourth-order valence-electron chi connectivity index (χ4n) is 9.46. The third-order valence-electron chi connectivity index (χ3n) is 13.0. The van der Waals surface area contributed by atoms with Crippen LogP contribution in [-0.4, -0.2) is 126 Å². The second-order valence-corrected chi connectivity index (χ2v) is 16.9. The van der Waals surface area contributed by atoms with Crippen molar-refractivity contribution in [2.24, 2.45) is 29.6 Å². The van der Waals surface area contributed by atoms with E-state index in [9.17, 15) is 34.5 Å². The van der Waals surface area contributed by atoms with Crippen LogP contribution >= 0.6 is 0 Å². The molecular weight excluding hydrogens is 734 g/mol. The molecular formula is C44H69NO12. The van der Waals surface area contributed by atoms with Crippen LogP contribution in [0.15, 0.2) is 36.0 Å². The molecule has 4 aliphatic rings. The number of allylic oxidation sites excluding steroid dienone is 4. The normalized spacial score (nSPS) is 35.1. The van der Waals surface area contributed by atoms with Crippen molar-refractivity contribution in [3.63, 3.8) is 0 Å². The second kappa shape index (κ2) is 21.0. The number of methoxy groups -OCH3 is 3. The van der Waals surface area contributed by atoms with E-state index in [4.69, 9.17) is 23.7 Å². The van der Waals surface area contributed by atoms with Crippen molar-refractivity contribution in [3.8, 4) is 0 Å². The minimum atomic E-state index is -2.49. The number of fused-ring (bicyclic) bond motifs is 1. The Bertz CT molecular complexity index is 1470. The van der Waals surface area contributed by atoms with Crippen LogP contribution in [0.4, 0.5) is 0 Å². The first-order chi connectivity index (χ1) is 27.1. The lowest BCUT2D eigenvalue weighted by Gasteiger charge is -2.49. The number of carbonyl (C=O) groups is 4. The van der Waals surface area contributed by atoms with Gasteiger partial charge in [-0.3, -0.25) is 14.4 Å². The molecule has 4 fully saturated rings. The lowest BCUT2D eigenvalue weighted by molar-refractivity contribution is -0.301. The number of ether oxygens (including phenoxy) is 5. The molecule has 0 aromatic heterocycles. The highest BCUT2D eigenvalue weighted by atomic mass is 16.7. The Labute approximate surface area is 339 Å². The predicted octanol–water partition coefficient (Wildman–Crippen LogP) is 4.64. The zero-order chi connectivity index (χ0) is 42.2. The minimum Gasteiger partial charge on any atom is -0.460 e. The van der Waals surface area contributed by atoms with Crippen LogP contribution in [0.25, 0.3) is 0 Å². The summed E-state index contributed by atoms with van der Waals surface area (Å²) in [5.74, 6) is -7.98. The summed E-state index contributed by atoms with van der Waals surface area (Å²) in [6.07, 6.45) is 6.37. The summed E-state index contributed by atoms with van der Waals surface area (Å²) < 4.78 is 28.9. The molecule has 1 aliphatic carbocycles. The number of piperidine rings is 1. The van der Waals surface area contributed by atoms with Gasteiger partial charge in [0.15, 0.2) is 0 Å². The summed E-state index contributed by atoms with van der Waals surface area (Å²) in [6.45, 7) is 13.2. The molecule has 13 heteroatoms. The standard InChI is InChI=1S/C44H69NO12/c1-10-13-25(4)19-30(14-11-2)34(48)24-33(47)27(6)36-23-31-29(21-28-15-16-32(46)37(22-28)54-8)17-18-45(39(31)43(51)56-36)42(50)41(49)44(52)26(5)20-38(55-9)40(57-44)35(12-3)53-7/h11,19,21,26-28,30-33,35-40,46-47,52H,2,10,12-18,20,22-24H2,1,3-9H3/b25-19+,29-21+/t26-,27-,28+,30-,31?,32-,33+,35+,36?,37-,38+,39?,40-,44-/m1/s1. The zero-order valence-electron chi connectivity index (χ0n) is 35.4. The molecule has 1 saturated carbocycles. The van der Waals surface area contributed by atoms with Gasteiger partial charge in [0.25, 0.3) is 11.7 Å². The number of rotatable bonds is 18. The highest BCUT2D eigenvalue weighted by molar-refractivity contribution is 6.39. The van der Waals surface area contributed by atoms with Crippen molar-refractivity contribution in [1.82, 2.24) is 4.90 Å². The lowest BCUT2D eigenvalue weighted by atomic mass is 9.73. The number of carbonyl (C=O) groups excluding carboxylic acids is 4. The van der Waals surface area contributed by atoms with Gasteiger partial charge in [-0.25, -0.2) is 4.79 Å². The molecule has 4 rings (SSSR count). The van der Waals surface area contributed by atoms with Gasteiger partial charge < -0.3 is 43.9 Å². The Morgan fingerprint density at radius 1 is 1.09 bits per heavy atom. The average Bonchev–Trinajstić information content (AvgIpc) is 3.19. The fourth-order valence-corrected chi connectivity index (χ4v) is 9.46. The fraction of sp³-hybridized carbons (Fsp3) is 0.773. The second-order valence-electron chi connectivity index (χ2n) is 16.9. The number of aliphatic hydroxyl groups is 3. The highest BCUT2D eigenvalue weighted by Crippen LogP contribution is 2.43. The Hall–Kier alpha value is -2.78. The maximum atomic E-state index is 14.3. The van der Waals surface area contributed by atoms with Crippen LogP contribution in [0.1, 0.15) is 105 Å². The molecule has 3 saturated heterocycles. The third kappa shape index (κ3) is 10.7. The van der Waals surface area contributed by atoms with Gasteiger partial charge >= 0.3 is 5.97 Å². The highest BCUT2D eigenvalue weighted by Gasteiger charge is 2.58. The number of nitrogens with zero attached hydrogens (tertiary/aromatic N) is 1. The van der Waals surface area contributed by atoms with Crippen LogP contribution in [0, 0.1) is 29.6 Å². The monoisotopic (exact) mass is 803 g/mol. The van der Waals surface area contributed by atoms with Crippen molar-refractivity contribution in [2.75, 3.05) is 27.9 Å². The van der Waals surface area contributed by atoms with Gasteiger partial charge in [0.1, 0.15) is 24.0 Å². The molecule has 0 spiro atoms. The molecule has 3 unspecified atom stereocenters. The molecule has 3 N–H and O–H groups in total. The van der Waals surface area contributed by atoms with E-state index in [1.54, 1.807) is 27.0 Å². The third-order valence-corrected chi connectivity index (χ3v) is 13.0. The van der Waals surface area contributed by atoms with Crippen molar-refractivity contribution in [3.05, 3.63) is 36.0 Å². The summed E-state index contributed by atoms with van der Waals surface area (Å²) in [5.41, 5.74) is 2.02. The van der Waals surface area contributed by atoms with E-state index in [0.717, 1.165) is 24.0 Å². The van der Waals surface area contributed by atoms with Crippen LogP contribution in [0.5, 0.6) is 0 Å². The lowest BCUT2D eigenvalue weighted by Crippen LogP contribution is -2.66. The van der Waals surface area contributed by atoms with Crippen LogP contribution in [0.2, 0.25) is 0 Å². The van der Waals surface area contributed by atoms with Crippen molar-refractivity contribution in [2.45, 2.75) is 160 Å². The SMILES string of the molecule is C=CC[C@H](/C=C(\C)CCC)C(=O)C[C@H](O)[C@@H](C)C1CC2/C(=C/[C@@H]3CC[C@@H](O)[C@H](OC)C3)CCN(C(=O)C(=O)[C@]3(O)O[C@H]([C@H](CC)OC)[C@@H](OC)C[C@H]3C)C2C(=O)O1. The van der Waals surface area contributed by atoms with E-state index in [1.165, 1.54) is 19.1 Å². The van der Waals surface area contributed by atoms with Crippen molar-refractivity contribution in [1.29, 1.82) is 0 Å². The Balaban J connectivity index is 1.62. The largest absolute Gasteiger partial charge is 0.460 e. The number of amides is 1. The smallest absolute Gasteiger partial charge is 0.329 e. The average molecular weight is 804 g/mol. The molecule has 1 amide bonds. The van der Waals surface area contributed by atoms with Crippen LogP contribution in [-0.2, 0) is 42.9 Å². The van der Waals surface area contributed by atoms with Crippen molar-refractivity contribution < 1.29 is 58.2 Å². The first-order valence-corrected chi connectivity index (χ1v) is 21.0. The number of hydrogen-bond donors (Lipinski definition) is 3. The molecule has 3 heterocycles. The summed E-state index contributed by atoms with van der Waals surface area (Å²) in [4.78, 5) is 57.4. The maximum absolute atomic E-state index is 14.3. The number of aliphatic hydroxyl groups excluding tert-OH is 2. The van der Waals surface area contributed by atoms with E-state index in [-0.39, 0.29) is 43.6 Å². The topological polar surface area (TPSA) is 178 Å². The number of esters is 1. The first kappa shape index (κ1) is 46.9. The van der Waals surface area contributed by atoms with E-state index in [0.29, 0.717) is 38.5 Å². The maximum Gasteiger partial charge on any atom is 0.329 e. The van der Waals surface area contributed by atoms with Gasteiger partial charge in [0.2, 0.25) is 5.79 Å². The van der Waals surface area contributed by atoms with Gasteiger partial charge in [-0.1, -0.05) is 63.5 Å². The molecule has 57 heavy (non-hydrogen) atoms. The molecule has 13 nitrogen and oxygen atoms in total. The van der Waals surface area contributed by atoms with Crippen LogP contribution in [0.3, 0.4) is 0 Å². The quantitative estimate of drug-likeness (QED) is 0.0996. The van der Waals surface area contributed by atoms with Crippen molar-refractivity contribution >= 4 is 23.4 Å². The summed E-state index contributed by atoms with van der Waals surface area (Å²) in [7, 11) is 4.59. The number of hydrogen-bond acceptors (Lipinski definition) is 12. The summed E-state index contributed by atoms with van der Waals surface area (Å²) >= 11 is 0. The Morgan fingerprint density at radius 3 is 2.40 bits per heavy atom. The molecule has 0 radical (unpaired) electrons. The number of cyclic esters (lactones) is 1. The van der Waals surface area contributed by atoms with Gasteiger partial charge in [0, 0.05) is 58.0 Å². The Kier molecular flexibility index (Phi) is 17.2. The molecule has 0 aromatic rings. The minimum absolute atomic E-state index is 0.0208. The van der Waals surface area contributed by atoms with Gasteiger partial charge in [0.05, 0.1) is 30.5 Å². The van der Waals surface area contributed by atoms with Gasteiger partial charge in [-0.15, -0.1) is 6.58 Å². The van der Waals surface area contributed by atoms with Gasteiger partial charge in [-0.2, -0.15) is 0 Å². The zero-order valence-corrected chi connectivity index (χ0v) is 35.4. The van der Waals surface area contributed by atoms with E-state index in [1.807, 2.05) is 19.9 Å². The number of Topliss-reactive ketones (excluding diaryl/α,β-unsaturated/α-hetero) is 2. The van der Waals surface area contributed by atoms with Crippen LogP contribution < -0.4 is 0 Å².